The molecule has 0 spiro atoms. The Labute approximate surface area is 178 Å². The number of ether oxygens (including phenoxy) is 2. The van der Waals surface area contributed by atoms with Crippen molar-refractivity contribution in [3.63, 3.8) is 0 Å². The first-order valence-electron chi connectivity index (χ1n) is 9.74. The third kappa shape index (κ3) is 6.49. The van der Waals surface area contributed by atoms with E-state index in [1.54, 1.807) is 38.1 Å². The molecule has 2 aromatic rings. The van der Waals surface area contributed by atoms with E-state index in [-0.39, 0.29) is 24.9 Å². The Morgan fingerprint density at radius 3 is 2.13 bits per heavy atom. The van der Waals surface area contributed by atoms with E-state index in [1.807, 2.05) is 50.2 Å². The van der Waals surface area contributed by atoms with Gasteiger partial charge in [-0.2, -0.15) is 0 Å². The number of hydrogen-bond donors (Lipinski definition) is 1. The minimum Gasteiger partial charge on any atom is -0.493 e. The third-order valence-corrected chi connectivity index (χ3v) is 4.83. The predicted molar refractivity (Wildman–Crippen MR) is 118 cm³/mol. The van der Waals surface area contributed by atoms with Gasteiger partial charge in [-0.15, -0.1) is 0 Å². The van der Waals surface area contributed by atoms with Crippen LogP contribution in [0.3, 0.4) is 0 Å². The van der Waals surface area contributed by atoms with Gasteiger partial charge in [0, 0.05) is 19.3 Å². The molecule has 0 unspecified atom stereocenters. The highest BCUT2D eigenvalue weighted by Crippen LogP contribution is 2.30. The number of hydrogen-bond acceptors (Lipinski definition) is 5. The third-order valence-electron chi connectivity index (χ3n) is 4.83. The van der Waals surface area contributed by atoms with Crippen LogP contribution >= 0.6 is 0 Å². The molecule has 0 bridgehead atoms. The summed E-state index contributed by atoms with van der Waals surface area (Å²) in [7, 11) is 6.68. The maximum atomic E-state index is 12.6. The Morgan fingerprint density at radius 1 is 0.933 bits per heavy atom. The number of benzene rings is 2. The van der Waals surface area contributed by atoms with E-state index in [0.29, 0.717) is 18.0 Å². The molecule has 2 amide bonds. The molecule has 1 N–H and O–H groups in total. The van der Waals surface area contributed by atoms with Crippen LogP contribution in [-0.2, 0) is 16.1 Å². The number of anilines is 1. The molecule has 7 heteroatoms. The largest absolute Gasteiger partial charge is 0.493 e. The van der Waals surface area contributed by atoms with E-state index in [2.05, 4.69) is 5.32 Å². The summed E-state index contributed by atoms with van der Waals surface area (Å²) in [6.45, 7) is 4.67. The highest BCUT2D eigenvalue weighted by atomic mass is 16.5. The molecular weight excluding hydrogens is 382 g/mol. The zero-order valence-corrected chi connectivity index (χ0v) is 18.6. The molecule has 0 atom stereocenters. The summed E-state index contributed by atoms with van der Waals surface area (Å²) >= 11 is 0. The van der Waals surface area contributed by atoms with Gasteiger partial charge in [-0.05, 0) is 56.3 Å². The second-order valence-electron chi connectivity index (χ2n) is 7.47. The number of rotatable bonds is 9. The van der Waals surface area contributed by atoms with Gasteiger partial charge in [-0.25, -0.2) is 0 Å². The number of nitrogens with one attached hydrogen (secondary N) is 1. The van der Waals surface area contributed by atoms with Gasteiger partial charge in [0.2, 0.25) is 11.8 Å². The lowest BCUT2D eigenvalue weighted by Crippen LogP contribution is -2.39. The summed E-state index contributed by atoms with van der Waals surface area (Å²) in [4.78, 5) is 28.2. The number of likely N-dealkylation sites (N-methyl/N-ethyl adjacent to an activating group) is 2. The lowest BCUT2D eigenvalue weighted by molar-refractivity contribution is -0.131. The molecule has 0 aromatic heterocycles. The van der Waals surface area contributed by atoms with Crippen molar-refractivity contribution in [1.29, 1.82) is 0 Å². The molecule has 162 valence electrons. The fourth-order valence-corrected chi connectivity index (χ4v) is 3.03. The van der Waals surface area contributed by atoms with Crippen LogP contribution in [-0.4, -0.2) is 63.0 Å². The van der Waals surface area contributed by atoms with Crippen molar-refractivity contribution in [2.24, 2.45) is 0 Å². The summed E-state index contributed by atoms with van der Waals surface area (Å²) in [6, 6.07) is 11.4. The first-order valence-corrected chi connectivity index (χ1v) is 9.74. The van der Waals surface area contributed by atoms with Crippen LogP contribution in [0.15, 0.2) is 36.4 Å². The minimum atomic E-state index is -0.160. The topological polar surface area (TPSA) is 71.1 Å². The van der Waals surface area contributed by atoms with Crippen molar-refractivity contribution in [3.8, 4) is 11.5 Å². The Bertz CT molecular complexity index is 881. The number of carbonyl (C=O) groups excluding carboxylic acids is 2. The smallest absolute Gasteiger partial charge is 0.238 e. The van der Waals surface area contributed by atoms with Crippen molar-refractivity contribution in [3.05, 3.63) is 53.1 Å². The molecule has 0 saturated heterocycles. The fraction of sp³-hybridized carbons (Fsp3) is 0.391. The van der Waals surface area contributed by atoms with E-state index in [0.717, 1.165) is 22.4 Å². The van der Waals surface area contributed by atoms with E-state index in [4.69, 9.17) is 9.47 Å². The number of carbonyl (C=O) groups is 2. The zero-order valence-electron chi connectivity index (χ0n) is 18.6. The molecule has 2 aromatic carbocycles. The highest BCUT2D eigenvalue weighted by molar-refractivity contribution is 5.92. The molecular formula is C23H31N3O4. The van der Waals surface area contributed by atoms with Crippen LogP contribution in [0, 0.1) is 13.8 Å². The summed E-state index contributed by atoms with van der Waals surface area (Å²) in [5.41, 5.74) is 3.86. The predicted octanol–water partition coefficient (Wildman–Crippen LogP) is 2.85. The van der Waals surface area contributed by atoms with E-state index in [9.17, 15) is 9.59 Å². The molecule has 0 saturated carbocycles. The number of amides is 2. The Kier molecular flexibility index (Phi) is 8.24. The Balaban J connectivity index is 1.90. The van der Waals surface area contributed by atoms with Crippen LogP contribution in [0.2, 0.25) is 0 Å². The summed E-state index contributed by atoms with van der Waals surface area (Å²) in [5, 5.41) is 2.84. The van der Waals surface area contributed by atoms with Crippen molar-refractivity contribution in [2.75, 3.05) is 46.7 Å². The first kappa shape index (κ1) is 23.2. The molecule has 0 radical (unpaired) electrons. The number of aryl methyl sites for hydroxylation is 2. The Hall–Kier alpha value is -3.06. The van der Waals surface area contributed by atoms with Crippen LogP contribution < -0.4 is 14.8 Å². The molecule has 0 heterocycles. The van der Waals surface area contributed by atoms with Crippen LogP contribution in [0.5, 0.6) is 11.5 Å². The quantitative estimate of drug-likeness (QED) is 0.685. The van der Waals surface area contributed by atoms with Crippen molar-refractivity contribution in [2.45, 2.75) is 20.4 Å². The van der Waals surface area contributed by atoms with Gasteiger partial charge in [-0.3, -0.25) is 14.5 Å². The second-order valence-corrected chi connectivity index (χ2v) is 7.47. The van der Waals surface area contributed by atoms with Crippen LogP contribution in [0.4, 0.5) is 5.69 Å². The number of methoxy groups -OCH3 is 2. The lowest BCUT2D eigenvalue weighted by atomic mass is 10.1. The second kappa shape index (κ2) is 10.6. The van der Waals surface area contributed by atoms with Gasteiger partial charge < -0.3 is 19.7 Å². The minimum absolute atomic E-state index is 0.0742. The van der Waals surface area contributed by atoms with E-state index in [1.165, 1.54) is 0 Å². The van der Waals surface area contributed by atoms with Crippen LogP contribution in [0.25, 0.3) is 0 Å². The van der Waals surface area contributed by atoms with Gasteiger partial charge in [0.25, 0.3) is 0 Å². The molecule has 30 heavy (non-hydrogen) atoms. The zero-order chi connectivity index (χ0) is 22.3. The normalized spacial score (nSPS) is 10.6. The maximum absolute atomic E-state index is 12.6. The van der Waals surface area contributed by atoms with Gasteiger partial charge in [-0.1, -0.05) is 17.7 Å². The van der Waals surface area contributed by atoms with E-state index < -0.39 is 0 Å². The molecule has 0 fully saturated rings. The van der Waals surface area contributed by atoms with Gasteiger partial charge in [0.15, 0.2) is 11.5 Å². The molecule has 7 nitrogen and oxygen atoms in total. The molecule has 0 aliphatic heterocycles. The van der Waals surface area contributed by atoms with Crippen molar-refractivity contribution >= 4 is 17.5 Å². The monoisotopic (exact) mass is 413 g/mol. The molecule has 2 rings (SSSR count). The van der Waals surface area contributed by atoms with E-state index >= 15 is 0 Å². The first-order chi connectivity index (χ1) is 14.2. The standard InChI is InChI=1S/C23H31N3O4/c1-16-7-9-19(10-8-16)24-22(27)14-25(3)15-23(28)26(4)13-18-12-21(30-6)20(29-5)11-17(18)2/h7-12H,13-15H2,1-6H3,(H,24,27). The highest BCUT2D eigenvalue weighted by Gasteiger charge is 2.17. The van der Waals surface area contributed by atoms with Gasteiger partial charge >= 0.3 is 0 Å². The average Bonchev–Trinajstić information content (AvgIpc) is 2.70. The summed E-state index contributed by atoms with van der Waals surface area (Å²) in [5.74, 6) is 1.05. The van der Waals surface area contributed by atoms with Crippen molar-refractivity contribution < 1.29 is 19.1 Å². The van der Waals surface area contributed by atoms with Crippen LogP contribution in [0.1, 0.15) is 16.7 Å². The SMILES string of the molecule is COc1cc(C)c(CN(C)C(=O)CN(C)CC(=O)Nc2ccc(C)cc2)cc1OC. The molecule has 0 aliphatic rings. The molecule has 0 aliphatic carbocycles. The Morgan fingerprint density at radius 2 is 1.53 bits per heavy atom. The summed E-state index contributed by atoms with van der Waals surface area (Å²) < 4.78 is 10.7. The maximum Gasteiger partial charge on any atom is 0.238 e. The fourth-order valence-electron chi connectivity index (χ4n) is 3.03. The van der Waals surface area contributed by atoms with Crippen molar-refractivity contribution in [1.82, 2.24) is 9.80 Å². The lowest BCUT2D eigenvalue weighted by Gasteiger charge is -2.23. The average molecular weight is 414 g/mol. The summed E-state index contributed by atoms with van der Waals surface area (Å²) in [6.07, 6.45) is 0. The van der Waals surface area contributed by atoms with Gasteiger partial charge in [0.05, 0.1) is 27.3 Å². The van der Waals surface area contributed by atoms with Gasteiger partial charge in [0.1, 0.15) is 0 Å². The number of nitrogens with zero attached hydrogens (tertiary/aromatic N) is 2.